The molecule has 0 radical (unpaired) electrons. The Hall–Kier alpha value is -2.20. The van der Waals surface area contributed by atoms with Crippen LogP contribution in [-0.2, 0) is 25.7 Å². The molecule has 2 aromatic carbocycles. The highest BCUT2D eigenvalue weighted by Crippen LogP contribution is 2.40. The number of halogens is 3. The Kier molecular flexibility index (Phi) is 8.81. The number of pyridine rings is 2. The van der Waals surface area contributed by atoms with E-state index < -0.39 is 0 Å². The van der Waals surface area contributed by atoms with Crippen LogP contribution >= 0.6 is 39.1 Å². The number of fused-ring (bicyclic) bond motifs is 4. The summed E-state index contributed by atoms with van der Waals surface area (Å²) >= 11 is 15.9. The first-order valence-corrected chi connectivity index (χ1v) is 15.4. The number of rotatable bonds is 2. The molecule has 2 aliphatic carbocycles. The van der Waals surface area contributed by atoms with Crippen molar-refractivity contribution in [2.24, 2.45) is 11.8 Å². The van der Waals surface area contributed by atoms with E-state index in [4.69, 9.17) is 28.2 Å². The lowest BCUT2D eigenvalue weighted by Gasteiger charge is -2.23. The molecule has 2 nitrogen and oxygen atoms in total. The van der Waals surface area contributed by atoms with Crippen molar-refractivity contribution >= 4 is 39.1 Å². The van der Waals surface area contributed by atoms with Gasteiger partial charge in [0.25, 0.3) is 0 Å². The Morgan fingerprint density at radius 3 is 1.74 bits per heavy atom. The lowest BCUT2D eigenvalue weighted by Crippen LogP contribution is -2.12. The van der Waals surface area contributed by atoms with Crippen molar-refractivity contribution in [1.29, 1.82) is 0 Å². The van der Waals surface area contributed by atoms with Crippen LogP contribution in [0.25, 0.3) is 0 Å². The molecule has 0 saturated carbocycles. The third-order valence-electron chi connectivity index (χ3n) is 8.02. The van der Waals surface area contributed by atoms with E-state index in [1.54, 1.807) is 0 Å². The third kappa shape index (κ3) is 6.11. The zero-order chi connectivity index (χ0) is 27.7. The highest BCUT2D eigenvalue weighted by Gasteiger charge is 2.28. The smallest absolute Gasteiger partial charge is 0.0513 e. The summed E-state index contributed by atoms with van der Waals surface area (Å²) in [4.78, 5) is 9.39. The Morgan fingerprint density at radius 1 is 0.667 bits per heavy atom. The maximum Gasteiger partial charge on any atom is 0.0513 e. The average molecular weight is 622 g/mol. The summed E-state index contributed by atoms with van der Waals surface area (Å²) in [6.45, 7) is 9.07. The minimum atomic E-state index is 0.355. The van der Waals surface area contributed by atoms with Gasteiger partial charge in [-0.1, -0.05) is 69.1 Å². The quantitative estimate of drug-likeness (QED) is 0.222. The molecule has 0 fully saturated rings. The van der Waals surface area contributed by atoms with Crippen LogP contribution in [-0.4, -0.2) is 9.97 Å². The molecule has 0 amide bonds. The Balaban J connectivity index is 0.000000158. The molecular formula is C34H35BrCl2N2. The van der Waals surface area contributed by atoms with E-state index in [0.29, 0.717) is 23.7 Å². The Labute approximate surface area is 251 Å². The Bertz CT molecular complexity index is 1430. The molecule has 39 heavy (non-hydrogen) atoms. The van der Waals surface area contributed by atoms with Gasteiger partial charge in [0, 0.05) is 38.7 Å². The second-order valence-electron chi connectivity index (χ2n) is 11.4. The summed E-state index contributed by atoms with van der Waals surface area (Å²) in [5.74, 6) is 1.78. The van der Waals surface area contributed by atoms with Gasteiger partial charge in [-0.3, -0.25) is 9.97 Å². The minimum absolute atomic E-state index is 0.355. The van der Waals surface area contributed by atoms with Crippen molar-refractivity contribution in [2.45, 2.75) is 65.2 Å². The fraction of sp³-hybridized carbons (Fsp3) is 0.353. The van der Waals surface area contributed by atoms with Crippen molar-refractivity contribution in [1.82, 2.24) is 9.97 Å². The van der Waals surface area contributed by atoms with Crippen molar-refractivity contribution in [3.63, 3.8) is 0 Å². The van der Waals surface area contributed by atoms with Crippen molar-refractivity contribution in [3.05, 3.63) is 126 Å². The van der Waals surface area contributed by atoms with Crippen molar-refractivity contribution in [2.75, 3.05) is 0 Å². The number of nitrogens with zero attached hydrogens (tertiary/aromatic N) is 2. The van der Waals surface area contributed by atoms with Crippen molar-refractivity contribution < 1.29 is 0 Å². The van der Waals surface area contributed by atoms with Crippen LogP contribution < -0.4 is 0 Å². The molecule has 2 aliphatic rings. The minimum Gasteiger partial charge on any atom is -0.260 e. The van der Waals surface area contributed by atoms with E-state index >= 15 is 0 Å². The molecule has 0 aliphatic heterocycles. The van der Waals surface area contributed by atoms with E-state index in [1.165, 1.54) is 44.8 Å². The zero-order valence-electron chi connectivity index (χ0n) is 23.0. The summed E-state index contributed by atoms with van der Waals surface area (Å²) < 4.78 is 1.06. The molecule has 6 rings (SSSR count). The van der Waals surface area contributed by atoms with Crippen LogP contribution in [0.4, 0.5) is 0 Å². The predicted molar refractivity (Wildman–Crippen MR) is 167 cm³/mol. The fourth-order valence-electron chi connectivity index (χ4n) is 6.29. The summed E-state index contributed by atoms with van der Waals surface area (Å²) in [5, 5.41) is 1.66. The summed E-state index contributed by atoms with van der Waals surface area (Å²) in [6.07, 6.45) is 7.99. The van der Waals surface area contributed by atoms with Gasteiger partial charge in [-0.2, -0.15) is 0 Å². The lowest BCUT2D eigenvalue weighted by atomic mass is 9.83. The number of hydrogen-bond donors (Lipinski definition) is 0. The van der Waals surface area contributed by atoms with Gasteiger partial charge in [0.05, 0.1) is 11.4 Å². The molecule has 0 saturated heterocycles. The van der Waals surface area contributed by atoms with Gasteiger partial charge in [-0.25, -0.2) is 0 Å². The van der Waals surface area contributed by atoms with Gasteiger partial charge >= 0.3 is 0 Å². The molecule has 5 heteroatoms. The first-order chi connectivity index (χ1) is 18.7. The lowest BCUT2D eigenvalue weighted by molar-refractivity contribution is 0.550. The van der Waals surface area contributed by atoms with Crippen LogP contribution in [0, 0.1) is 11.8 Å². The van der Waals surface area contributed by atoms with Crippen LogP contribution in [0.5, 0.6) is 0 Å². The average Bonchev–Trinajstić information content (AvgIpc) is 3.16. The van der Waals surface area contributed by atoms with E-state index in [9.17, 15) is 0 Å². The number of hydrogen-bond acceptors (Lipinski definition) is 2. The van der Waals surface area contributed by atoms with E-state index in [1.807, 2.05) is 30.6 Å². The van der Waals surface area contributed by atoms with Crippen LogP contribution in [0.1, 0.15) is 84.3 Å². The fourth-order valence-corrected chi connectivity index (χ4v) is 7.05. The first-order valence-electron chi connectivity index (χ1n) is 13.9. The monoisotopic (exact) mass is 620 g/mol. The molecule has 0 N–H and O–H groups in total. The topological polar surface area (TPSA) is 25.8 Å². The predicted octanol–water partition coefficient (Wildman–Crippen LogP) is 10.0. The SMILES string of the molecule is CC(C)C1c2ccc(Cl)cc2CCc2cc(Br)cnc21.CC(C)C1c2ccc(Cl)cc2CCc2cccnc21. The first kappa shape index (κ1) is 28.3. The van der Waals surface area contributed by atoms with Gasteiger partial charge < -0.3 is 0 Å². The highest BCUT2D eigenvalue weighted by atomic mass is 79.9. The third-order valence-corrected chi connectivity index (χ3v) is 8.93. The molecule has 2 aromatic heterocycles. The largest absolute Gasteiger partial charge is 0.260 e. The molecule has 4 aromatic rings. The van der Waals surface area contributed by atoms with E-state index in [0.717, 1.165) is 40.2 Å². The standard InChI is InChI=1S/C17H17BrClN.C17H18ClN/c1-10(2)16-15-6-5-14(19)8-11(15)3-4-12-7-13(18)9-20-17(12)16;1-11(2)16-15-8-7-14(18)10-13(15)6-5-12-4-3-9-19-17(12)16/h5-10,16H,3-4H2,1-2H3;3-4,7-11,16H,5-6H2,1-2H3. The molecule has 2 heterocycles. The van der Waals surface area contributed by atoms with E-state index in [-0.39, 0.29) is 0 Å². The molecule has 2 unspecified atom stereocenters. The summed E-state index contributed by atoms with van der Waals surface area (Å²) in [5.41, 5.74) is 10.7. The van der Waals surface area contributed by atoms with Gasteiger partial charge in [-0.15, -0.1) is 0 Å². The second-order valence-corrected chi connectivity index (χ2v) is 13.2. The summed E-state index contributed by atoms with van der Waals surface area (Å²) in [7, 11) is 0. The number of aryl methyl sites for hydroxylation is 4. The Morgan fingerprint density at radius 2 is 1.18 bits per heavy atom. The van der Waals surface area contributed by atoms with Crippen LogP contribution in [0.3, 0.4) is 0 Å². The zero-order valence-corrected chi connectivity index (χ0v) is 26.1. The van der Waals surface area contributed by atoms with Gasteiger partial charge in [0.15, 0.2) is 0 Å². The van der Waals surface area contributed by atoms with Crippen LogP contribution in [0.15, 0.2) is 71.5 Å². The maximum absolute atomic E-state index is 6.17. The summed E-state index contributed by atoms with van der Waals surface area (Å²) in [6, 6.07) is 19.1. The highest BCUT2D eigenvalue weighted by molar-refractivity contribution is 9.10. The van der Waals surface area contributed by atoms with Gasteiger partial charge in [0.1, 0.15) is 0 Å². The van der Waals surface area contributed by atoms with Gasteiger partial charge in [-0.05, 0) is 123 Å². The second kappa shape index (κ2) is 12.1. The normalized spacial score (nSPS) is 17.7. The number of aromatic nitrogens is 2. The van der Waals surface area contributed by atoms with Gasteiger partial charge in [0.2, 0.25) is 0 Å². The molecule has 2 atom stereocenters. The molecular weight excluding hydrogens is 587 g/mol. The maximum atomic E-state index is 6.17. The molecule has 0 spiro atoms. The number of benzene rings is 2. The molecule has 202 valence electrons. The molecule has 0 bridgehead atoms. The van der Waals surface area contributed by atoms with Crippen LogP contribution in [0.2, 0.25) is 10.0 Å². The van der Waals surface area contributed by atoms with Crippen molar-refractivity contribution in [3.8, 4) is 0 Å². The van der Waals surface area contributed by atoms with E-state index in [2.05, 4.69) is 85.0 Å².